The second kappa shape index (κ2) is 5.98. The van der Waals surface area contributed by atoms with E-state index in [1.165, 1.54) is 0 Å². The number of nitrogens with zero attached hydrogens (tertiary/aromatic N) is 2. The summed E-state index contributed by atoms with van der Waals surface area (Å²) in [5.74, 6) is 0. The highest BCUT2D eigenvalue weighted by Crippen LogP contribution is 2.38. The fraction of sp³-hybridized carbons (Fsp3) is 0. The number of nitrogens with one attached hydrogen (secondary N) is 1. The van der Waals surface area contributed by atoms with Gasteiger partial charge in [-0.2, -0.15) is 0 Å². The maximum atomic E-state index is 11.4. The molecule has 0 aliphatic heterocycles. The summed E-state index contributed by atoms with van der Waals surface area (Å²) in [5, 5.41) is 29.8. The van der Waals surface area contributed by atoms with E-state index in [4.69, 9.17) is 5.14 Å². The fourth-order valence-electron chi connectivity index (χ4n) is 1.83. The molecular formula is C12H10N4O6S. The van der Waals surface area contributed by atoms with Crippen molar-refractivity contribution in [2.75, 3.05) is 5.32 Å². The summed E-state index contributed by atoms with van der Waals surface area (Å²) in [6, 6.07) is 9.37. The maximum absolute atomic E-state index is 11.4. The molecule has 0 unspecified atom stereocenters. The smallest absolute Gasteiger partial charge is 0.301 e. The molecule has 3 N–H and O–H groups in total. The number of nitro groups is 2. The number of anilines is 2. The number of nitrogens with two attached hydrogens (primary N) is 1. The molecule has 0 amide bonds. The molecule has 0 aliphatic rings. The lowest BCUT2D eigenvalue weighted by Gasteiger charge is -2.09. The molecule has 2 aromatic rings. The van der Waals surface area contributed by atoms with Crippen LogP contribution in [-0.4, -0.2) is 18.3 Å². The van der Waals surface area contributed by atoms with Crippen LogP contribution < -0.4 is 10.5 Å². The van der Waals surface area contributed by atoms with Gasteiger partial charge in [-0.3, -0.25) is 20.2 Å². The monoisotopic (exact) mass is 338 g/mol. The number of benzene rings is 2. The molecule has 0 radical (unpaired) electrons. The van der Waals surface area contributed by atoms with E-state index in [9.17, 15) is 28.6 Å². The third kappa shape index (κ3) is 3.59. The lowest BCUT2D eigenvalue weighted by atomic mass is 10.2. The van der Waals surface area contributed by atoms with Crippen LogP contribution in [-0.2, 0) is 10.0 Å². The molecule has 10 nitrogen and oxygen atoms in total. The van der Waals surface area contributed by atoms with Crippen LogP contribution in [0.2, 0.25) is 0 Å². The van der Waals surface area contributed by atoms with Gasteiger partial charge in [-0.25, -0.2) is 13.6 Å². The minimum atomic E-state index is -4.34. The van der Waals surface area contributed by atoms with Crippen molar-refractivity contribution in [2.45, 2.75) is 4.90 Å². The summed E-state index contributed by atoms with van der Waals surface area (Å²) < 4.78 is 22.7. The first-order valence-corrected chi connectivity index (χ1v) is 7.56. The number of rotatable bonds is 5. The first kappa shape index (κ1) is 16.3. The minimum Gasteiger partial charge on any atom is -0.344 e. The molecule has 0 saturated heterocycles. The molecular weight excluding hydrogens is 328 g/mol. The zero-order valence-corrected chi connectivity index (χ0v) is 12.2. The Morgan fingerprint density at radius 1 is 0.957 bits per heavy atom. The zero-order chi connectivity index (χ0) is 17.2. The van der Waals surface area contributed by atoms with Gasteiger partial charge in [0.15, 0.2) is 5.69 Å². The fourth-order valence-corrected chi connectivity index (χ4v) is 2.38. The normalized spacial score (nSPS) is 11.0. The van der Waals surface area contributed by atoms with Crippen molar-refractivity contribution in [3.8, 4) is 0 Å². The molecule has 2 aromatic carbocycles. The largest absolute Gasteiger partial charge is 0.344 e. The van der Waals surface area contributed by atoms with Gasteiger partial charge >= 0.3 is 11.4 Å². The topological polar surface area (TPSA) is 158 Å². The van der Waals surface area contributed by atoms with Gasteiger partial charge in [0.05, 0.1) is 14.7 Å². The van der Waals surface area contributed by atoms with Crippen molar-refractivity contribution >= 4 is 32.8 Å². The number of hydrogen-bond donors (Lipinski definition) is 2. The van der Waals surface area contributed by atoms with Crippen molar-refractivity contribution < 1.29 is 18.3 Å². The van der Waals surface area contributed by atoms with Crippen molar-refractivity contribution in [3.05, 3.63) is 62.7 Å². The molecule has 0 heterocycles. The van der Waals surface area contributed by atoms with Gasteiger partial charge in [-0.1, -0.05) is 18.2 Å². The van der Waals surface area contributed by atoms with Crippen LogP contribution in [0.15, 0.2) is 47.4 Å². The molecule has 0 aliphatic carbocycles. The second-order valence-corrected chi connectivity index (χ2v) is 5.95. The quantitative estimate of drug-likeness (QED) is 0.622. The molecule has 120 valence electrons. The first-order chi connectivity index (χ1) is 10.7. The van der Waals surface area contributed by atoms with Gasteiger partial charge in [0.1, 0.15) is 0 Å². The molecule has 0 saturated carbocycles. The van der Waals surface area contributed by atoms with E-state index in [-0.39, 0.29) is 0 Å². The van der Waals surface area contributed by atoms with E-state index in [1.54, 1.807) is 30.3 Å². The number of para-hydroxylation sites is 1. The average Bonchev–Trinajstić information content (AvgIpc) is 2.46. The SMILES string of the molecule is NS(=O)(=O)c1cc([N+](=O)[O-])c(Nc2ccccc2)c([N+](=O)[O-])c1. The van der Waals surface area contributed by atoms with Gasteiger partial charge in [0.2, 0.25) is 10.0 Å². The molecule has 0 aromatic heterocycles. The average molecular weight is 338 g/mol. The highest BCUT2D eigenvalue weighted by Gasteiger charge is 2.29. The van der Waals surface area contributed by atoms with E-state index in [0.29, 0.717) is 17.8 Å². The van der Waals surface area contributed by atoms with Gasteiger partial charge in [-0.05, 0) is 12.1 Å². The van der Waals surface area contributed by atoms with Gasteiger partial charge in [-0.15, -0.1) is 0 Å². The van der Waals surface area contributed by atoms with Crippen molar-refractivity contribution in [1.29, 1.82) is 0 Å². The number of sulfonamides is 1. The Balaban J connectivity index is 2.72. The van der Waals surface area contributed by atoms with Crippen LogP contribution >= 0.6 is 0 Å². The predicted octanol–water partition coefficient (Wildman–Crippen LogP) is 1.89. The maximum Gasteiger partial charge on any atom is 0.301 e. The standard InChI is InChI=1S/C12H10N4O6S/c13-23(21,22)9-6-10(15(17)18)12(11(7-9)16(19)20)14-8-4-2-1-3-5-8/h1-7,14H,(H2,13,21,22). The summed E-state index contributed by atoms with van der Waals surface area (Å²) in [5.41, 5.74) is -1.61. The minimum absolute atomic E-state index is 0.363. The number of hydrogen-bond acceptors (Lipinski definition) is 7. The van der Waals surface area contributed by atoms with E-state index < -0.39 is 41.8 Å². The number of primary sulfonamides is 1. The summed E-state index contributed by atoms with van der Waals surface area (Å²) in [4.78, 5) is 19.8. The Kier molecular flexibility index (Phi) is 4.24. The van der Waals surface area contributed by atoms with Crippen LogP contribution in [0.4, 0.5) is 22.7 Å². The van der Waals surface area contributed by atoms with E-state index in [0.717, 1.165) is 0 Å². The molecule has 0 fully saturated rings. The summed E-state index contributed by atoms with van der Waals surface area (Å²) in [6.45, 7) is 0. The third-order valence-corrected chi connectivity index (χ3v) is 3.73. The Morgan fingerprint density at radius 3 is 1.83 bits per heavy atom. The lowest BCUT2D eigenvalue weighted by molar-refractivity contribution is -0.392. The molecule has 23 heavy (non-hydrogen) atoms. The molecule has 0 spiro atoms. The third-order valence-electron chi connectivity index (χ3n) is 2.84. The first-order valence-electron chi connectivity index (χ1n) is 6.02. The molecule has 11 heteroatoms. The highest BCUT2D eigenvalue weighted by atomic mass is 32.2. The Labute approximate surface area is 129 Å². The van der Waals surface area contributed by atoms with Crippen LogP contribution in [0.1, 0.15) is 0 Å². The van der Waals surface area contributed by atoms with E-state index in [2.05, 4.69) is 5.32 Å². The Bertz CT molecular complexity index is 847. The summed E-state index contributed by atoms with van der Waals surface area (Å²) in [7, 11) is -4.34. The zero-order valence-electron chi connectivity index (χ0n) is 11.4. The summed E-state index contributed by atoms with van der Waals surface area (Å²) in [6.07, 6.45) is 0. The molecule has 0 bridgehead atoms. The Hall–Kier alpha value is -3.05. The predicted molar refractivity (Wildman–Crippen MR) is 80.8 cm³/mol. The van der Waals surface area contributed by atoms with E-state index >= 15 is 0 Å². The van der Waals surface area contributed by atoms with Crippen molar-refractivity contribution in [2.24, 2.45) is 5.14 Å². The van der Waals surface area contributed by atoms with Crippen molar-refractivity contribution in [3.63, 3.8) is 0 Å². The van der Waals surface area contributed by atoms with Crippen LogP contribution in [0.5, 0.6) is 0 Å². The van der Waals surface area contributed by atoms with Crippen LogP contribution in [0.3, 0.4) is 0 Å². The molecule has 0 atom stereocenters. The number of nitro benzene ring substituents is 2. The second-order valence-electron chi connectivity index (χ2n) is 4.39. The van der Waals surface area contributed by atoms with Gasteiger partial charge in [0, 0.05) is 17.8 Å². The Morgan fingerprint density at radius 2 is 1.43 bits per heavy atom. The van der Waals surface area contributed by atoms with Crippen LogP contribution in [0, 0.1) is 20.2 Å². The van der Waals surface area contributed by atoms with Gasteiger partial charge < -0.3 is 5.32 Å². The van der Waals surface area contributed by atoms with Gasteiger partial charge in [0.25, 0.3) is 0 Å². The summed E-state index contributed by atoms with van der Waals surface area (Å²) >= 11 is 0. The van der Waals surface area contributed by atoms with E-state index in [1.807, 2.05) is 0 Å². The highest BCUT2D eigenvalue weighted by molar-refractivity contribution is 7.89. The van der Waals surface area contributed by atoms with Crippen molar-refractivity contribution in [1.82, 2.24) is 0 Å². The lowest BCUT2D eigenvalue weighted by Crippen LogP contribution is -2.13. The molecule has 2 rings (SSSR count). The van der Waals surface area contributed by atoms with Crippen LogP contribution in [0.25, 0.3) is 0 Å².